The number of rotatable bonds is 8. The van der Waals surface area contributed by atoms with Gasteiger partial charge in [0.2, 0.25) is 0 Å². The minimum Gasteiger partial charge on any atom is -0.480 e. The van der Waals surface area contributed by atoms with E-state index in [-0.39, 0.29) is 5.75 Å². The first-order valence-corrected chi connectivity index (χ1v) is 9.07. The van der Waals surface area contributed by atoms with Gasteiger partial charge in [-0.05, 0) is 25.4 Å². The highest BCUT2D eigenvalue weighted by Crippen LogP contribution is 2.01. The second kappa shape index (κ2) is 8.26. The minimum atomic E-state index is -3.19. The molecule has 0 aromatic carbocycles. The lowest BCUT2D eigenvalue weighted by Gasteiger charge is -2.17. The summed E-state index contributed by atoms with van der Waals surface area (Å²) in [5.74, 6) is -0.695. The zero-order valence-corrected chi connectivity index (χ0v) is 12.8. The van der Waals surface area contributed by atoms with E-state index >= 15 is 0 Å². The molecule has 0 saturated heterocycles. The molecule has 1 unspecified atom stereocenters. The molecule has 2 atom stereocenters. The van der Waals surface area contributed by atoms with Gasteiger partial charge in [0.15, 0.2) is 0 Å². The predicted molar refractivity (Wildman–Crippen MR) is 75.3 cm³/mol. The number of carboxylic acid groups (broad SMARTS) is 1. The average Bonchev–Trinajstić information content (AvgIpc) is 2.20. The Kier molecular flexibility index (Phi) is 7.84. The molecule has 0 aliphatic rings. The molecule has 0 spiro atoms. The van der Waals surface area contributed by atoms with E-state index in [1.54, 1.807) is 0 Å². The molecule has 0 aliphatic carbocycles. The van der Waals surface area contributed by atoms with Gasteiger partial charge in [-0.1, -0.05) is 0 Å². The first-order chi connectivity index (χ1) is 8.65. The van der Waals surface area contributed by atoms with Crippen LogP contribution in [0.1, 0.15) is 13.3 Å². The summed E-state index contributed by atoms with van der Waals surface area (Å²) in [6.07, 6.45) is 3.22. The summed E-state index contributed by atoms with van der Waals surface area (Å²) in [7, 11) is -3.19. The predicted octanol–water partition coefficient (Wildman–Crippen LogP) is -0.0750. The molecule has 0 aliphatic heterocycles. The Hall–Kier alpha value is -0.960. The van der Waals surface area contributed by atoms with Crippen LogP contribution in [0.5, 0.6) is 0 Å². The van der Waals surface area contributed by atoms with Crippen LogP contribution in [-0.2, 0) is 14.6 Å². The molecule has 0 heterocycles. The molecule has 0 saturated carbocycles. The van der Waals surface area contributed by atoms with Crippen molar-refractivity contribution in [3.63, 3.8) is 0 Å². The summed E-state index contributed by atoms with van der Waals surface area (Å²) in [5.41, 5.74) is 0. The highest BCUT2D eigenvalue weighted by atomic mass is 32.2. The number of hydrogen-bond donors (Lipinski definition) is 3. The van der Waals surface area contributed by atoms with Crippen molar-refractivity contribution in [2.45, 2.75) is 25.4 Å². The van der Waals surface area contributed by atoms with Gasteiger partial charge in [0.05, 0.1) is 5.75 Å². The van der Waals surface area contributed by atoms with Crippen LogP contribution in [-0.4, -0.2) is 61.6 Å². The van der Waals surface area contributed by atoms with Crippen molar-refractivity contribution < 1.29 is 23.1 Å². The topological polar surface area (TPSA) is 113 Å². The van der Waals surface area contributed by atoms with E-state index in [4.69, 9.17) is 5.11 Å². The van der Waals surface area contributed by atoms with Crippen molar-refractivity contribution in [1.29, 1.82) is 0 Å². The molecule has 19 heavy (non-hydrogen) atoms. The fraction of sp³-hybridized carbons (Fsp3) is 0.800. The highest BCUT2D eigenvalue weighted by molar-refractivity contribution is 7.98. The maximum atomic E-state index is 11.5. The molecule has 0 radical (unpaired) electrons. The number of aliphatic carboxylic acids is 1. The summed E-state index contributed by atoms with van der Waals surface area (Å²) in [6.45, 7) is 1.54. The second-order valence-corrected chi connectivity index (χ2v) is 7.45. The van der Waals surface area contributed by atoms with Crippen LogP contribution < -0.4 is 10.6 Å². The quantitative estimate of drug-likeness (QED) is 0.578. The Labute approximate surface area is 117 Å². The van der Waals surface area contributed by atoms with Crippen LogP contribution in [0, 0.1) is 0 Å². The van der Waals surface area contributed by atoms with Gasteiger partial charge in [0.25, 0.3) is 0 Å². The molecule has 9 heteroatoms. The van der Waals surface area contributed by atoms with Crippen LogP contribution in [0.15, 0.2) is 0 Å². The Balaban J connectivity index is 4.30. The van der Waals surface area contributed by atoms with Gasteiger partial charge in [-0.3, -0.25) is 0 Å². The van der Waals surface area contributed by atoms with E-state index in [0.717, 1.165) is 6.26 Å². The molecule has 0 fully saturated rings. The Bertz CT molecular complexity index is 410. The van der Waals surface area contributed by atoms with Crippen molar-refractivity contribution in [1.82, 2.24) is 10.6 Å². The van der Waals surface area contributed by atoms with Gasteiger partial charge < -0.3 is 15.7 Å². The van der Waals surface area contributed by atoms with Gasteiger partial charge in [-0.25, -0.2) is 18.0 Å². The highest BCUT2D eigenvalue weighted by Gasteiger charge is 2.20. The summed E-state index contributed by atoms with van der Waals surface area (Å²) in [5, 5.41) is 13.6. The SMILES string of the molecule is CSCC[C@H](NC(=O)NC(C)CS(C)(=O)=O)C(=O)O. The van der Waals surface area contributed by atoms with Crippen LogP contribution in [0.2, 0.25) is 0 Å². The largest absolute Gasteiger partial charge is 0.480 e. The number of carbonyl (C=O) groups excluding carboxylic acids is 1. The van der Waals surface area contributed by atoms with E-state index in [0.29, 0.717) is 12.2 Å². The van der Waals surface area contributed by atoms with E-state index in [9.17, 15) is 18.0 Å². The molecule has 2 amide bonds. The third-order valence-electron chi connectivity index (χ3n) is 2.14. The summed E-state index contributed by atoms with van der Waals surface area (Å²) < 4.78 is 22.1. The smallest absolute Gasteiger partial charge is 0.326 e. The second-order valence-electron chi connectivity index (χ2n) is 4.28. The summed E-state index contributed by atoms with van der Waals surface area (Å²) in [4.78, 5) is 22.4. The lowest BCUT2D eigenvalue weighted by Crippen LogP contribution is -2.49. The van der Waals surface area contributed by atoms with Gasteiger partial charge in [0, 0.05) is 12.3 Å². The van der Waals surface area contributed by atoms with Crippen LogP contribution >= 0.6 is 11.8 Å². The molecule has 7 nitrogen and oxygen atoms in total. The van der Waals surface area contributed by atoms with Crippen molar-refractivity contribution in [3.8, 4) is 0 Å². The van der Waals surface area contributed by atoms with Gasteiger partial charge in [0.1, 0.15) is 15.9 Å². The average molecular weight is 312 g/mol. The monoisotopic (exact) mass is 312 g/mol. The van der Waals surface area contributed by atoms with Crippen molar-refractivity contribution >= 4 is 33.6 Å². The third kappa shape index (κ3) is 9.60. The first-order valence-electron chi connectivity index (χ1n) is 5.62. The summed E-state index contributed by atoms with van der Waals surface area (Å²) >= 11 is 1.48. The standard InChI is InChI=1S/C10H20N2O5S2/c1-7(6-19(3,16)17)11-10(15)12-8(9(13)14)4-5-18-2/h7-8H,4-6H2,1-3H3,(H,13,14)(H2,11,12,15)/t7?,8-/m0/s1. The minimum absolute atomic E-state index is 0.191. The lowest BCUT2D eigenvalue weighted by atomic mass is 10.2. The summed E-state index contributed by atoms with van der Waals surface area (Å²) in [6, 6.07) is -2.23. The zero-order chi connectivity index (χ0) is 15.1. The van der Waals surface area contributed by atoms with Gasteiger partial charge in [-0.15, -0.1) is 0 Å². The van der Waals surface area contributed by atoms with E-state index in [2.05, 4.69) is 10.6 Å². The van der Waals surface area contributed by atoms with Crippen molar-refractivity contribution in [2.75, 3.05) is 24.0 Å². The zero-order valence-electron chi connectivity index (χ0n) is 11.2. The Morgan fingerprint density at radius 2 is 1.89 bits per heavy atom. The third-order valence-corrected chi connectivity index (χ3v) is 3.89. The fourth-order valence-electron chi connectivity index (χ4n) is 1.41. The number of amides is 2. The molecule has 0 aromatic heterocycles. The number of hydrogen-bond acceptors (Lipinski definition) is 5. The molecule has 3 N–H and O–H groups in total. The molecular formula is C10H20N2O5S2. The Morgan fingerprint density at radius 1 is 1.32 bits per heavy atom. The molecule has 0 aromatic rings. The maximum absolute atomic E-state index is 11.5. The van der Waals surface area contributed by atoms with Crippen LogP contribution in [0.4, 0.5) is 4.79 Å². The van der Waals surface area contributed by atoms with Crippen molar-refractivity contribution in [3.05, 3.63) is 0 Å². The first kappa shape index (κ1) is 18.0. The van der Waals surface area contributed by atoms with Crippen molar-refractivity contribution in [2.24, 2.45) is 0 Å². The number of nitrogens with one attached hydrogen (secondary N) is 2. The molecule has 0 bridgehead atoms. The number of carboxylic acids is 1. The van der Waals surface area contributed by atoms with E-state index in [1.807, 2.05) is 6.26 Å². The van der Waals surface area contributed by atoms with E-state index in [1.165, 1.54) is 18.7 Å². The van der Waals surface area contributed by atoms with Gasteiger partial charge in [-0.2, -0.15) is 11.8 Å². The molecular weight excluding hydrogens is 292 g/mol. The number of urea groups is 1. The fourth-order valence-corrected chi connectivity index (χ4v) is 2.88. The normalized spacial score (nSPS) is 14.5. The Morgan fingerprint density at radius 3 is 2.32 bits per heavy atom. The molecule has 0 rings (SSSR count). The van der Waals surface area contributed by atoms with Crippen LogP contribution in [0.25, 0.3) is 0 Å². The number of thioether (sulfide) groups is 1. The lowest BCUT2D eigenvalue weighted by molar-refractivity contribution is -0.139. The van der Waals surface area contributed by atoms with Crippen LogP contribution in [0.3, 0.4) is 0 Å². The van der Waals surface area contributed by atoms with Gasteiger partial charge >= 0.3 is 12.0 Å². The number of carbonyl (C=O) groups is 2. The number of sulfone groups is 1. The molecule has 112 valence electrons. The van der Waals surface area contributed by atoms with E-state index < -0.39 is 33.9 Å². The maximum Gasteiger partial charge on any atom is 0.326 e.